The van der Waals surface area contributed by atoms with Crippen LogP contribution in [0.4, 0.5) is 11.8 Å². The fourth-order valence-corrected chi connectivity index (χ4v) is 1.62. The van der Waals surface area contributed by atoms with Crippen molar-refractivity contribution in [3.63, 3.8) is 0 Å². The number of nitrogens with two attached hydrogens (primary N) is 1. The molecule has 0 unspecified atom stereocenters. The van der Waals surface area contributed by atoms with Gasteiger partial charge >= 0.3 is 0 Å². The van der Waals surface area contributed by atoms with E-state index in [1.807, 2.05) is 0 Å². The quantitative estimate of drug-likeness (QED) is 0.659. The maximum Gasteiger partial charge on any atom is 0.222 e. The maximum absolute atomic E-state index is 8.99. The predicted molar refractivity (Wildman–Crippen MR) is 67.0 cm³/mol. The molecule has 0 fully saturated rings. The van der Waals surface area contributed by atoms with E-state index < -0.39 is 0 Å². The normalized spacial score (nSPS) is 12.2. The lowest BCUT2D eigenvalue weighted by Gasteiger charge is -2.19. The fraction of sp³-hybridized carbons (Fsp3) is 0.636. The van der Waals surface area contributed by atoms with Crippen molar-refractivity contribution in [2.45, 2.75) is 32.2 Å². The molecule has 0 saturated carbocycles. The zero-order valence-electron chi connectivity index (χ0n) is 10.3. The number of aromatic nitrogens is 2. The van der Waals surface area contributed by atoms with E-state index in [2.05, 4.69) is 22.2 Å². The third-order valence-corrected chi connectivity index (χ3v) is 2.45. The smallest absolute Gasteiger partial charge is 0.222 e. The van der Waals surface area contributed by atoms with Gasteiger partial charge in [0, 0.05) is 12.6 Å². The summed E-state index contributed by atoms with van der Waals surface area (Å²) in [5, 5.41) is 12.2. The maximum atomic E-state index is 8.99. The van der Waals surface area contributed by atoms with Crippen molar-refractivity contribution >= 4 is 11.8 Å². The SMILES string of the molecule is CCC[C@@H](CCO)Nc1nc(N)ncc1OC. The van der Waals surface area contributed by atoms with Crippen LogP contribution in [0, 0.1) is 0 Å². The molecular weight excluding hydrogens is 220 g/mol. The highest BCUT2D eigenvalue weighted by Gasteiger charge is 2.12. The van der Waals surface area contributed by atoms with Crippen LogP contribution in [-0.2, 0) is 0 Å². The number of anilines is 2. The van der Waals surface area contributed by atoms with Crippen LogP contribution in [0.15, 0.2) is 6.20 Å². The second-order valence-corrected chi connectivity index (χ2v) is 3.79. The van der Waals surface area contributed by atoms with Crippen molar-refractivity contribution in [2.75, 3.05) is 24.8 Å². The molecule has 17 heavy (non-hydrogen) atoms. The standard InChI is InChI=1S/C11H20N4O2/c1-3-4-8(5-6-16)14-10-9(17-2)7-13-11(12)15-10/h7-8,16H,3-6H2,1-2H3,(H3,12,13,14,15)/t8-/m0/s1. The lowest BCUT2D eigenvalue weighted by molar-refractivity contribution is 0.276. The molecule has 6 nitrogen and oxygen atoms in total. The van der Waals surface area contributed by atoms with Crippen molar-refractivity contribution in [3.05, 3.63) is 6.20 Å². The van der Waals surface area contributed by atoms with Gasteiger partial charge in [-0.1, -0.05) is 13.3 Å². The van der Waals surface area contributed by atoms with E-state index in [-0.39, 0.29) is 18.6 Å². The average molecular weight is 240 g/mol. The summed E-state index contributed by atoms with van der Waals surface area (Å²) in [6, 6.07) is 0.160. The zero-order valence-corrected chi connectivity index (χ0v) is 10.3. The number of hydrogen-bond donors (Lipinski definition) is 3. The number of rotatable bonds is 7. The van der Waals surface area contributed by atoms with Gasteiger partial charge in [0.2, 0.25) is 5.95 Å². The second kappa shape index (κ2) is 6.90. The average Bonchev–Trinajstić information content (AvgIpc) is 2.30. The Balaban J connectivity index is 2.79. The molecule has 0 saturated heterocycles. The van der Waals surface area contributed by atoms with Crippen LogP contribution in [0.5, 0.6) is 5.75 Å². The Morgan fingerprint density at radius 3 is 2.88 bits per heavy atom. The molecule has 0 amide bonds. The minimum atomic E-state index is 0.139. The zero-order chi connectivity index (χ0) is 12.7. The highest BCUT2D eigenvalue weighted by atomic mass is 16.5. The molecule has 4 N–H and O–H groups in total. The Morgan fingerprint density at radius 1 is 1.53 bits per heavy atom. The predicted octanol–water partition coefficient (Wildman–Crippen LogP) is 1.03. The van der Waals surface area contributed by atoms with E-state index in [4.69, 9.17) is 15.6 Å². The molecule has 0 aromatic carbocycles. The Bertz CT molecular complexity index is 340. The first-order chi connectivity index (χ1) is 8.21. The number of aliphatic hydroxyl groups is 1. The molecule has 0 spiro atoms. The summed E-state index contributed by atoms with van der Waals surface area (Å²) < 4.78 is 5.15. The van der Waals surface area contributed by atoms with Crippen molar-refractivity contribution in [1.82, 2.24) is 9.97 Å². The first kappa shape index (κ1) is 13.5. The van der Waals surface area contributed by atoms with Crippen molar-refractivity contribution in [1.29, 1.82) is 0 Å². The molecule has 1 rings (SSSR count). The molecule has 1 aromatic heterocycles. The van der Waals surface area contributed by atoms with E-state index in [1.54, 1.807) is 7.11 Å². The largest absolute Gasteiger partial charge is 0.491 e. The molecule has 1 aromatic rings. The fourth-order valence-electron chi connectivity index (χ4n) is 1.62. The number of ether oxygens (including phenoxy) is 1. The van der Waals surface area contributed by atoms with E-state index in [9.17, 15) is 0 Å². The van der Waals surface area contributed by atoms with Crippen molar-refractivity contribution in [2.24, 2.45) is 0 Å². The van der Waals surface area contributed by atoms with Gasteiger partial charge in [-0.25, -0.2) is 4.98 Å². The van der Waals surface area contributed by atoms with Gasteiger partial charge < -0.3 is 20.9 Å². The van der Waals surface area contributed by atoms with Crippen molar-refractivity contribution in [3.8, 4) is 5.75 Å². The topological polar surface area (TPSA) is 93.3 Å². The van der Waals surface area contributed by atoms with Gasteiger partial charge in [0.25, 0.3) is 0 Å². The van der Waals surface area contributed by atoms with Crippen LogP contribution in [-0.4, -0.2) is 34.8 Å². The van der Waals surface area contributed by atoms with Gasteiger partial charge in [-0.3, -0.25) is 0 Å². The van der Waals surface area contributed by atoms with Gasteiger partial charge in [-0.2, -0.15) is 4.98 Å². The van der Waals surface area contributed by atoms with Crippen LogP contribution < -0.4 is 15.8 Å². The van der Waals surface area contributed by atoms with E-state index in [0.717, 1.165) is 12.8 Å². The monoisotopic (exact) mass is 240 g/mol. The van der Waals surface area contributed by atoms with Gasteiger partial charge in [0.1, 0.15) is 0 Å². The molecule has 0 radical (unpaired) electrons. The third-order valence-electron chi connectivity index (χ3n) is 2.45. The highest BCUT2D eigenvalue weighted by Crippen LogP contribution is 2.23. The Kier molecular flexibility index (Phi) is 5.48. The van der Waals surface area contributed by atoms with Crippen LogP contribution >= 0.6 is 0 Å². The number of aliphatic hydroxyl groups excluding tert-OH is 1. The summed E-state index contributed by atoms with van der Waals surface area (Å²) in [6.07, 6.45) is 4.18. The first-order valence-electron chi connectivity index (χ1n) is 5.75. The van der Waals surface area contributed by atoms with Crippen molar-refractivity contribution < 1.29 is 9.84 Å². The van der Waals surface area contributed by atoms with Crippen LogP contribution in [0.25, 0.3) is 0 Å². The number of methoxy groups -OCH3 is 1. The van der Waals surface area contributed by atoms with Gasteiger partial charge in [-0.05, 0) is 12.8 Å². The first-order valence-corrected chi connectivity index (χ1v) is 5.75. The van der Waals surface area contributed by atoms with Crippen LogP contribution in [0.2, 0.25) is 0 Å². The van der Waals surface area contributed by atoms with Crippen LogP contribution in [0.3, 0.4) is 0 Å². The second-order valence-electron chi connectivity index (χ2n) is 3.79. The molecule has 1 atom stereocenters. The molecule has 0 aliphatic rings. The van der Waals surface area contributed by atoms with Gasteiger partial charge in [0.05, 0.1) is 13.3 Å². The van der Waals surface area contributed by atoms with Crippen LogP contribution in [0.1, 0.15) is 26.2 Å². The summed E-state index contributed by atoms with van der Waals surface area (Å²) in [7, 11) is 1.56. The lowest BCUT2D eigenvalue weighted by atomic mass is 10.1. The Labute approximate surface area is 101 Å². The highest BCUT2D eigenvalue weighted by molar-refractivity contribution is 5.51. The van der Waals surface area contributed by atoms with E-state index in [0.29, 0.717) is 18.0 Å². The lowest BCUT2D eigenvalue weighted by Crippen LogP contribution is -2.22. The molecule has 0 aliphatic carbocycles. The number of nitrogens with one attached hydrogen (secondary N) is 1. The molecule has 0 aliphatic heterocycles. The molecular formula is C11H20N4O2. The summed E-state index contributed by atoms with van der Waals surface area (Å²) in [6.45, 7) is 2.23. The third kappa shape index (κ3) is 4.07. The number of nitrogen functional groups attached to an aromatic ring is 1. The summed E-state index contributed by atoms with van der Waals surface area (Å²) in [5.74, 6) is 1.33. The van der Waals surface area contributed by atoms with Gasteiger partial charge in [0.15, 0.2) is 11.6 Å². The molecule has 0 bridgehead atoms. The van der Waals surface area contributed by atoms with E-state index >= 15 is 0 Å². The molecule has 6 heteroatoms. The summed E-state index contributed by atoms with van der Waals surface area (Å²) in [4.78, 5) is 7.96. The molecule has 96 valence electrons. The van der Waals surface area contributed by atoms with Gasteiger partial charge in [-0.15, -0.1) is 0 Å². The summed E-state index contributed by atoms with van der Waals surface area (Å²) in [5.41, 5.74) is 5.54. The summed E-state index contributed by atoms with van der Waals surface area (Å²) >= 11 is 0. The minimum absolute atomic E-state index is 0.139. The molecule has 1 heterocycles. The Hall–Kier alpha value is -1.56. The minimum Gasteiger partial charge on any atom is -0.491 e. The number of nitrogens with zero attached hydrogens (tertiary/aromatic N) is 2. The van der Waals surface area contributed by atoms with E-state index in [1.165, 1.54) is 6.20 Å². The number of hydrogen-bond acceptors (Lipinski definition) is 6. The Morgan fingerprint density at radius 2 is 2.29 bits per heavy atom.